The molecular formula is C10H5BrFNO2. The molecule has 0 saturated carbocycles. The number of carbonyl (C=O) groups is 1. The molecule has 0 saturated heterocycles. The van der Waals surface area contributed by atoms with Gasteiger partial charge in [-0.3, -0.25) is 4.79 Å². The smallest absolute Gasteiger partial charge is 0.155 e. The van der Waals surface area contributed by atoms with E-state index in [4.69, 9.17) is 0 Å². The molecule has 0 unspecified atom stereocenters. The number of hydrogen-bond acceptors (Lipinski definition) is 3. The highest BCUT2D eigenvalue weighted by atomic mass is 79.9. The molecule has 0 N–H and O–H groups in total. The van der Waals surface area contributed by atoms with Gasteiger partial charge >= 0.3 is 0 Å². The van der Waals surface area contributed by atoms with Crippen molar-refractivity contribution in [3.8, 4) is 11.3 Å². The summed E-state index contributed by atoms with van der Waals surface area (Å²) < 4.78 is 18.2. The van der Waals surface area contributed by atoms with Crippen LogP contribution in [-0.4, -0.2) is 11.4 Å². The molecule has 1 heterocycles. The Morgan fingerprint density at radius 2 is 2.27 bits per heavy atom. The molecule has 0 aliphatic rings. The summed E-state index contributed by atoms with van der Waals surface area (Å²) in [6.45, 7) is 0. The lowest BCUT2D eigenvalue weighted by Gasteiger charge is -1.98. The van der Waals surface area contributed by atoms with Crippen LogP contribution in [0.3, 0.4) is 0 Å². The molecule has 3 nitrogen and oxygen atoms in total. The maximum atomic E-state index is 13.2. The Labute approximate surface area is 93.0 Å². The zero-order valence-electron chi connectivity index (χ0n) is 7.41. The predicted molar refractivity (Wildman–Crippen MR) is 55.0 cm³/mol. The second-order valence-corrected chi connectivity index (χ2v) is 3.72. The minimum atomic E-state index is -0.410. The Balaban J connectivity index is 2.54. The summed E-state index contributed by atoms with van der Waals surface area (Å²) in [6, 6.07) is 4.49. The fourth-order valence-corrected chi connectivity index (χ4v) is 1.44. The number of aldehydes is 1. The number of carbonyl (C=O) groups excluding carboxylic acids is 1. The number of rotatable bonds is 2. The van der Waals surface area contributed by atoms with Gasteiger partial charge in [0.1, 0.15) is 17.8 Å². The van der Waals surface area contributed by atoms with Gasteiger partial charge in [-0.15, -0.1) is 0 Å². The third-order valence-corrected chi connectivity index (χ3v) is 2.56. The fraction of sp³-hybridized carbons (Fsp3) is 0. The zero-order chi connectivity index (χ0) is 10.8. The Kier molecular flexibility index (Phi) is 2.64. The van der Waals surface area contributed by atoms with Crippen LogP contribution in [-0.2, 0) is 0 Å². The lowest BCUT2D eigenvalue weighted by Crippen LogP contribution is -1.86. The molecule has 15 heavy (non-hydrogen) atoms. The average Bonchev–Trinajstić information content (AvgIpc) is 2.70. The second kappa shape index (κ2) is 3.94. The van der Waals surface area contributed by atoms with E-state index in [0.29, 0.717) is 27.6 Å². The van der Waals surface area contributed by atoms with Gasteiger partial charge in [-0.1, -0.05) is 11.2 Å². The minimum Gasteiger partial charge on any atom is -0.363 e. The van der Waals surface area contributed by atoms with Crippen molar-refractivity contribution in [3.05, 3.63) is 40.3 Å². The van der Waals surface area contributed by atoms with Crippen molar-refractivity contribution < 1.29 is 13.7 Å². The van der Waals surface area contributed by atoms with Crippen LogP contribution in [0.5, 0.6) is 0 Å². The van der Waals surface area contributed by atoms with Crippen LogP contribution in [0.4, 0.5) is 4.39 Å². The Morgan fingerprint density at radius 1 is 1.47 bits per heavy atom. The van der Waals surface area contributed by atoms with Crippen LogP contribution in [0.2, 0.25) is 0 Å². The number of aromatic nitrogens is 1. The molecular weight excluding hydrogens is 265 g/mol. The zero-order valence-corrected chi connectivity index (χ0v) is 8.99. The topological polar surface area (TPSA) is 43.1 Å². The molecule has 2 rings (SSSR count). The fourth-order valence-electron chi connectivity index (χ4n) is 1.19. The summed E-state index contributed by atoms with van der Waals surface area (Å²) in [5.41, 5.74) is 1.15. The van der Waals surface area contributed by atoms with Crippen LogP contribution in [0.1, 0.15) is 10.4 Å². The van der Waals surface area contributed by atoms with E-state index in [9.17, 15) is 9.18 Å². The van der Waals surface area contributed by atoms with Crippen molar-refractivity contribution in [2.24, 2.45) is 0 Å². The summed E-state index contributed by atoms with van der Waals surface area (Å²) in [6.07, 6.45) is 1.84. The third kappa shape index (κ3) is 1.83. The molecule has 0 atom stereocenters. The molecule has 76 valence electrons. The van der Waals surface area contributed by atoms with Crippen LogP contribution in [0.15, 0.2) is 33.5 Å². The van der Waals surface area contributed by atoms with Gasteiger partial charge < -0.3 is 4.52 Å². The predicted octanol–water partition coefficient (Wildman–Crippen LogP) is 3.06. The average molecular weight is 270 g/mol. The molecule has 0 fully saturated rings. The molecule has 1 aromatic heterocycles. The summed E-state index contributed by atoms with van der Waals surface area (Å²) in [7, 11) is 0. The second-order valence-electron chi connectivity index (χ2n) is 2.87. The molecule has 0 aliphatic carbocycles. The van der Waals surface area contributed by atoms with E-state index >= 15 is 0 Å². The van der Waals surface area contributed by atoms with E-state index in [1.165, 1.54) is 12.3 Å². The van der Waals surface area contributed by atoms with E-state index < -0.39 is 5.82 Å². The molecule has 0 amide bonds. The van der Waals surface area contributed by atoms with Gasteiger partial charge in [-0.05, 0) is 28.1 Å². The first-order valence-corrected chi connectivity index (χ1v) is 4.86. The summed E-state index contributed by atoms with van der Waals surface area (Å²) >= 11 is 3.04. The first-order chi connectivity index (χ1) is 7.22. The quantitative estimate of drug-likeness (QED) is 0.787. The van der Waals surface area contributed by atoms with Crippen LogP contribution >= 0.6 is 15.9 Å². The van der Waals surface area contributed by atoms with E-state index in [2.05, 4.69) is 25.6 Å². The monoisotopic (exact) mass is 269 g/mol. The summed E-state index contributed by atoms with van der Waals surface area (Å²) in [4.78, 5) is 10.6. The highest BCUT2D eigenvalue weighted by Crippen LogP contribution is 2.25. The molecule has 0 spiro atoms. The van der Waals surface area contributed by atoms with Crippen LogP contribution in [0.25, 0.3) is 11.3 Å². The Hall–Kier alpha value is -1.49. The maximum absolute atomic E-state index is 13.2. The van der Waals surface area contributed by atoms with E-state index in [1.54, 1.807) is 12.1 Å². The largest absolute Gasteiger partial charge is 0.363 e. The third-order valence-electron chi connectivity index (χ3n) is 1.92. The molecule has 2 aromatic rings. The van der Waals surface area contributed by atoms with Gasteiger partial charge in [0.05, 0.1) is 10.0 Å². The Bertz CT molecular complexity index is 510. The van der Waals surface area contributed by atoms with E-state index in [0.717, 1.165) is 0 Å². The van der Waals surface area contributed by atoms with Gasteiger partial charge in [0.2, 0.25) is 0 Å². The lowest BCUT2D eigenvalue weighted by molar-refractivity contribution is 0.112. The van der Waals surface area contributed by atoms with Crippen molar-refractivity contribution in [2.75, 3.05) is 0 Å². The highest BCUT2D eigenvalue weighted by Gasteiger charge is 2.11. The van der Waals surface area contributed by atoms with Crippen molar-refractivity contribution in [2.45, 2.75) is 0 Å². The molecule has 0 radical (unpaired) electrons. The van der Waals surface area contributed by atoms with E-state index in [-0.39, 0.29) is 0 Å². The van der Waals surface area contributed by atoms with Crippen molar-refractivity contribution in [3.63, 3.8) is 0 Å². The summed E-state index contributed by atoms with van der Waals surface area (Å²) in [5.74, 6) is -0.410. The number of nitrogens with zero attached hydrogens (tertiary/aromatic N) is 1. The molecule has 0 bridgehead atoms. The van der Waals surface area contributed by atoms with Crippen molar-refractivity contribution >= 4 is 22.2 Å². The molecule has 1 aromatic carbocycles. The van der Waals surface area contributed by atoms with Crippen molar-refractivity contribution in [1.82, 2.24) is 5.16 Å². The standard InChI is InChI=1S/C10H5BrFNO2/c11-8-2-1-6(3-9(8)12)10-7(4-14)5-15-13-10/h1-5H. The molecule has 5 heteroatoms. The number of halogens is 2. The minimum absolute atomic E-state index is 0.303. The SMILES string of the molecule is O=Cc1conc1-c1ccc(Br)c(F)c1. The normalized spacial score (nSPS) is 10.3. The number of benzene rings is 1. The van der Waals surface area contributed by atoms with Gasteiger partial charge in [-0.2, -0.15) is 0 Å². The van der Waals surface area contributed by atoms with Crippen molar-refractivity contribution in [1.29, 1.82) is 0 Å². The van der Waals surface area contributed by atoms with Gasteiger partial charge in [0.25, 0.3) is 0 Å². The van der Waals surface area contributed by atoms with Gasteiger partial charge in [0, 0.05) is 5.56 Å². The summed E-state index contributed by atoms with van der Waals surface area (Å²) in [5, 5.41) is 3.64. The van der Waals surface area contributed by atoms with Crippen LogP contribution in [0, 0.1) is 5.82 Å². The molecule has 0 aliphatic heterocycles. The van der Waals surface area contributed by atoms with Crippen LogP contribution < -0.4 is 0 Å². The lowest BCUT2D eigenvalue weighted by atomic mass is 10.1. The first-order valence-electron chi connectivity index (χ1n) is 4.07. The Morgan fingerprint density at radius 3 is 2.93 bits per heavy atom. The number of hydrogen-bond donors (Lipinski definition) is 0. The van der Waals surface area contributed by atoms with E-state index in [1.807, 2.05) is 0 Å². The van der Waals surface area contributed by atoms with Gasteiger partial charge in [0.15, 0.2) is 6.29 Å². The highest BCUT2D eigenvalue weighted by molar-refractivity contribution is 9.10. The first kappa shape index (κ1) is 10.0. The maximum Gasteiger partial charge on any atom is 0.155 e. The van der Waals surface area contributed by atoms with Gasteiger partial charge in [-0.25, -0.2) is 4.39 Å².